The van der Waals surface area contributed by atoms with Gasteiger partial charge in [0.1, 0.15) is 5.76 Å². The fourth-order valence-electron chi connectivity index (χ4n) is 3.63. The number of thiazole rings is 1. The summed E-state index contributed by atoms with van der Waals surface area (Å²) in [4.78, 5) is 14.3. The topological polar surface area (TPSA) is 45.4 Å². The Morgan fingerprint density at radius 2 is 1.76 bits per heavy atom. The molecule has 5 rings (SSSR count). The van der Waals surface area contributed by atoms with E-state index in [1.165, 1.54) is 4.70 Å². The fraction of sp³-hybridized carbons (Fsp3) is 0.273. The summed E-state index contributed by atoms with van der Waals surface area (Å²) in [5.74, 6) is 1.45. The summed E-state index contributed by atoms with van der Waals surface area (Å²) >= 11 is 8.07. The zero-order valence-corrected chi connectivity index (χ0v) is 17.7. The van der Waals surface area contributed by atoms with E-state index >= 15 is 0 Å². The van der Waals surface area contributed by atoms with Crippen molar-refractivity contribution in [1.82, 2.24) is 14.9 Å². The van der Waals surface area contributed by atoms with Crippen molar-refractivity contribution in [3.63, 3.8) is 0 Å². The molecule has 1 saturated heterocycles. The van der Waals surface area contributed by atoms with Crippen molar-refractivity contribution in [2.45, 2.75) is 13.5 Å². The zero-order valence-electron chi connectivity index (χ0n) is 16.1. The van der Waals surface area contributed by atoms with Crippen molar-refractivity contribution < 1.29 is 4.42 Å². The predicted molar refractivity (Wildman–Crippen MR) is 119 cm³/mol. The Morgan fingerprint density at radius 1 is 1.00 bits per heavy atom. The van der Waals surface area contributed by atoms with E-state index < -0.39 is 0 Å². The minimum absolute atomic E-state index is 0.594. The van der Waals surface area contributed by atoms with Gasteiger partial charge in [-0.25, -0.2) is 9.97 Å². The van der Waals surface area contributed by atoms with E-state index in [1.807, 2.05) is 37.3 Å². The summed E-state index contributed by atoms with van der Waals surface area (Å²) < 4.78 is 7.15. The first-order chi connectivity index (χ1) is 14.2. The van der Waals surface area contributed by atoms with Gasteiger partial charge < -0.3 is 9.32 Å². The number of piperazine rings is 1. The molecule has 2 aromatic carbocycles. The van der Waals surface area contributed by atoms with Gasteiger partial charge in [0.25, 0.3) is 0 Å². The van der Waals surface area contributed by atoms with E-state index in [9.17, 15) is 0 Å². The highest BCUT2D eigenvalue weighted by molar-refractivity contribution is 7.22. The molecule has 0 aliphatic carbocycles. The summed E-state index contributed by atoms with van der Waals surface area (Å²) in [6, 6.07) is 16.0. The van der Waals surface area contributed by atoms with Crippen LogP contribution in [0.4, 0.5) is 5.13 Å². The number of hydrogen-bond donors (Lipinski definition) is 0. The third-order valence-electron chi connectivity index (χ3n) is 5.30. The fourth-order valence-corrected chi connectivity index (χ4v) is 4.86. The number of rotatable bonds is 4. The molecule has 0 bridgehead atoms. The molecule has 1 aliphatic heterocycles. The van der Waals surface area contributed by atoms with E-state index in [0.29, 0.717) is 10.9 Å². The largest absolute Gasteiger partial charge is 0.441 e. The van der Waals surface area contributed by atoms with Crippen LogP contribution in [0.1, 0.15) is 11.5 Å². The van der Waals surface area contributed by atoms with Crippen LogP contribution in [0.2, 0.25) is 5.02 Å². The molecule has 7 heteroatoms. The van der Waals surface area contributed by atoms with Gasteiger partial charge in [0.15, 0.2) is 5.13 Å². The van der Waals surface area contributed by atoms with Gasteiger partial charge in [0, 0.05) is 32.7 Å². The van der Waals surface area contributed by atoms with Crippen molar-refractivity contribution in [3.8, 4) is 11.5 Å². The van der Waals surface area contributed by atoms with Crippen molar-refractivity contribution >= 4 is 38.3 Å². The molecule has 3 heterocycles. The molecule has 0 spiro atoms. The van der Waals surface area contributed by atoms with Crippen molar-refractivity contribution in [2.24, 2.45) is 0 Å². The SMILES string of the molecule is Cc1oc(-c2ccccc2Cl)nc1CN1CCN(c2nc3ccccc3s2)CC1. The Morgan fingerprint density at radius 3 is 2.55 bits per heavy atom. The average Bonchev–Trinajstić information content (AvgIpc) is 3.33. The van der Waals surface area contributed by atoms with Crippen LogP contribution in [0.15, 0.2) is 52.9 Å². The highest BCUT2D eigenvalue weighted by atomic mass is 35.5. The number of nitrogens with zero attached hydrogens (tertiary/aromatic N) is 4. The summed E-state index contributed by atoms with van der Waals surface area (Å²) in [5, 5.41) is 1.77. The lowest BCUT2D eigenvalue weighted by Gasteiger charge is -2.34. The van der Waals surface area contributed by atoms with E-state index in [2.05, 4.69) is 28.0 Å². The molecular weight excluding hydrogens is 404 g/mol. The summed E-state index contributed by atoms with van der Waals surface area (Å²) in [7, 11) is 0. The van der Waals surface area contributed by atoms with Gasteiger partial charge in [-0.3, -0.25) is 4.90 Å². The van der Waals surface area contributed by atoms with E-state index in [1.54, 1.807) is 11.3 Å². The monoisotopic (exact) mass is 424 g/mol. The second-order valence-electron chi connectivity index (χ2n) is 7.23. The first-order valence-electron chi connectivity index (χ1n) is 9.71. The van der Waals surface area contributed by atoms with Gasteiger partial charge in [-0.15, -0.1) is 0 Å². The Balaban J connectivity index is 1.26. The summed E-state index contributed by atoms with van der Waals surface area (Å²) in [6.45, 7) is 6.64. The second-order valence-corrected chi connectivity index (χ2v) is 8.65. The normalized spacial score (nSPS) is 15.3. The molecule has 0 unspecified atom stereocenters. The maximum Gasteiger partial charge on any atom is 0.228 e. The Labute approximate surface area is 178 Å². The molecule has 0 radical (unpaired) electrons. The minimum Gasteiger partial charge on any atom is -0.441 e. The van der Waals surface area contributed by atoms with Gasteiger partial charge in [0.05, 0.1) is 26.5 Å². The minimum atomic E-state index is 0.594. The van der Waals surface area contributed by atoms with Crippen molar-refractivity contribution in [1.29, 1.82) is 0 Å². The van der Waals surface area contributed by atoms with Crippen LogP contribution in [-0.2, 0) is 6.54 Å². The highest BCUT2D eigenvalue weighted by Crippen LogP contribution is 2.30. The molecule has 0 saturated carbocycles. The lowest BCUT2D eigenvalue weighted by atomic mass is 10.2. The number of aryl methyl sites for hydroxylation is 1. The van der Waals surface area contributed by atoms with Crippen LogP contribution >= 0.6 is 22.9 Å². The molecule has 1 fully saturated rings. The smallest absolute Gasteiger partial charge is 0.228 e. The quantitative estimate of drug-likeness (QED) is 0.448. The highest BCUT2D eigenvalue weighted by Gasteiger charge is 2.22. The van der Waals surface area contributed by atoms with Crippen LogP contribution in [0.5, 0.6) is 0 Å². The summed E-state index contributed by atoms with van der Waals surface area (Å²) in [6.07, 6.45) is 0. The maximum absolute atomic E-state index is 6.29. The van der Waals surface area contributed by atoms with Crippen molar-refractivity contribution in [2.75, 3.05) is 31.1 Å². The Bertz CT molecular complexity index is 1110. The molecule has 2 aromatic heterocycles. The average molecular weight is 425 g/mol. The number of benzene rings is 2. The molecule has 0 amide bonds. The third-order valence-corrected chi connectivity index (χ3v) is 6.72. The van der Waals surface area contributed by atoms with Crippen molar-refractivity contribution in [3.05, 3.63) is 65.0 Å². The maximum atomic E-state index is 6.29. The first-order valence-corrected chi connectivity index (χ1v) is 10.9. The number of hydrogen-bond acceptors (Lipinski definition) is 6. The molecule has 4 aromatic rings. The van der Waals surface area contributed by atoms with E-state index in [0.717, 1.165) is 60.4 Å². The number of anilines is 1. The molecule has 29 heavy (non-hydrogen) atoms. The van der Waals surface area contributed by atoms with Gasteiger partial charge in [-0.1, -0.05) is 47.2 Å². The summed E-state index contributed by atoms with van der Waals surface area (Å²) in [5.41, 5.74) is 2.90. The first kappa shape index (κ1) is 18.6. The van der Waals surface area contributed by atoms with Gasteiger partial charge >= 0.3 is 0 Å². The van der Waals surface area contributed by atoms with Crippen LogP contribution in [0, 0.1) is 6.92 Å². The van der Waals surface area contributed by atoms with Gasteiger partial charge in [-0.05, 0) is 31.2 Å². The lowest BCUT2D eigenvalue weighted by Crippen LogP contribution is -2.46. The van der Waals surface area contributed by atoms with Gasteiger partial charge in [0.2, 0.25) is 5.89 Å². The Hall–Kier alpha value is -2.41. The second kappa shape index (κ2) is 7.78. The molecule has 1 aliphatic rings. The number of para-hydroxylation sites is 1. The van der Waals surface area contributed by atoms with Crippen LogP contribution in [0.25, 0.3) is 21.7 Å². The number of aromatic nitrogens is 2. The molecule has 148 valence electrons. The molecular formula is C22H21ClN4OS. The van der Waals surface area contributed by atoms with E-state index in [4.69, 9.17) is 26.0 Å². The Kier molecular flexibility index (Phi) is 4.99. The predicted octanol–water partition coefficient (Wildman–Crippen LogP) is 5.24. The lowest BCUT2D eigenvalue weighted by molar-refractivity contribution is 0.246. The van der Waals surface area contributed by atoms with Gasteiger partial charge in [-0.2, -0.15) is 0 Å². The zero-order chi connectivity index (χ0) is 19.8. The van der Waals surface area contributed by atoms with E-state index in [-0.39, 0.29) is 0 Å². The number of fused-ring (bicyclic) bond motifs is 1. The van der Waals surface area contributed by atoms with Crippen LogP contribution in [-0.4, -0.2) is 41.0 Å². The molecule has 0 atom stereocenters. The number of halogens is 1. The van der Waals surface area contributed by atoms with Crippen LogP contribution < -0.4 is 4.90 Å². The third kappa shape index (κ3) is 3.75. The molecule has 5 nitrogen and oxygen atoms in total. The standard InChI is InChI=1S/C22H21ClN4OS/c1-15-19(24-21(28-15)16-6-2-3-7-17(16)23)14-26-10-12-27(13-11-26)22-25-18-8-4-5-9-20(18)29-22/h2-9H,10-14H2,1H3. The number of oxazole rings is 1. The van der Waals surface area contributed by atoms with Crippen LogP contribution in [0.3, 0.4) is 0 Å². The molecule has 0 N–H and O–H groups in total.